The van der Waals surface area contributed by atoms with Gasteiger partial charge in [-0.05, 0) is 54.7 Å². The van der Waals surface area contributed by atoms with Gasteiger partial charge in [0.15, 0.2) is 5.89 Å². The van der Waals surface area contributed by atoms with Crippen LogP contribution < -0.4 is 9.47 Å². The van der Waals surface area contributed by atoms with Gasteiger partial charge in [-0.2, -0.15) is 0 Å². The van der Waals surface area contributed by atoms with Crippen LogP contribution in [0.5, 0.6) is 11.5 Å². The number of ether oxygens (including phenoxy) is 2. The van der Waals surface area contributed by atoms with Crippen molar-refractivity contribution in [2.24, 2.45) is 0 Å². The molecule has 1 saturated carbocycles. The molecule has 1 N–H and O–H groups in total. The highest BCUT2D eigenvalue weighted by molar-refractivity contribution is 5.71. The molecule has 0 unspecified atom stereocenters. The summed E-state index contributed by atoms with van der Waals surface area (Å²) in [5.41, 5.74) is 2.81. The van der Waals surface area contributed by atoms with Gasteiger partial charge < -0.3 is 19.0 Å². The van der Waals surface area contributed by atoms with Crippen LogP contribution in [0, 0.1) is 0 Å². The molecule has 4 rings (SSSR count). The molecule has 6 nitrogen and oxygen atoms in total. The van der Waals surface area contributed by atoms with Crippen LogP contribution in [0.1, 0.15) is 35.8 Å². The summed E-state index contributed by atoms with van der Waals surface area (Å²) in [6.45, 7) is 0.286. The van der Waals surface area contributed by atoms with Crippen LogP contribution in [0.3, 0.4) is 0 Å². The highest BCUT2D eigenvalue weighted by Gasteiger charge is 2.31. The van der Waals surface area contributed by atoms with Gasteiger partial charge in [0.1, 0.15) is 23.5 Å². The maximum absolute atomic E-state index is 12.3. The summed E-state index contributed by atoms with van der Waals surface area (Å²) >= 11 is 0. The van der Waals surface area contributed by atoms with Crippen molar-refractivity contribution in [3.05, 3.63) is 65.7 Å². The molecule has 32 heavy (non-hydrogen) atoms. The zero-order chi connectivity index (χ0) is 22.7. The van der Waals surface area contributed by atoms with Crippen molar-refractivity contribution in [2.45, 2.75) is 38.0 Å². The normalized spacial score (nSPS) is 13.7. The van der Waals surface area contributed by atoms with E-state index in [0.717, 1.165) is 24.0 Å². The van der Waals surface area contributed by atoms with Crippen molar-refractivity contribution in [3.8, 4) is 22.8 Å². The van der Waals surface area contributed by atoms with Crippen molar-refractivity contribution in [2.75, 3.05) is 6.61 Å². The lowest BCUT2D eigenvalue weighted by Crippen LogP contribution is -2.16. The van der Waals surface area contributed by atoms with E-state index in [1.165, 1.54) is 30.5 Å². The average Bonchev–Trinajstić information content (AvgIpc) is 3.44. The van der Waals surface area contributed by atoms with Gasteiger partial charge in [-0.1, -0.05) is 12.1 Å². The summed E-state index contributed by atoms with van der Waals surface area (Å²) < 4.78 is 52.1. The lowest BCUT2D eigenvalue weighted by Gasteiger charge is -2.14. The number of alkyl halides is 3. The fourth-order valence-corrected chi connectivity index (χ4v) is 3.50. The monoisotopic (exact) mass is 447 g/mol. The van der Waals surface area contributed by atoms with E-state index in [0.29, 0.717) is 35.2 Å². The summed E-state index contributed by atoms with van der Waals surface area (Å²) in [6, 6.07) is 10.8. The lowest BCUT2D eigenvalue weighted by molar-refractivity contribution is -0.274. The second-order valence-corrected chi connectivity index (χ2v) is 7.47. The van der Waals surface area contributed by atoms with E-state index in [-0.39, 0.29) is 18.8 Å². The van der Waals surface area contributed by atoms with Crippen molar-refractivity contribution in [1.82, 2.24) is 4.98 Å². The van der Waals surface area contributed by atoms with Gasteiger partial charge >= 0.3 is 12.3 Å². The molecule has 1 aliphatic rings. The van der Waals surface area contributed by atoms with E-state index >= 15 is 0 Å². The summed E-state index contributed by atoms with van der Waals surface area (Å²) in [7, 11) is 0. The zero-order valence-electron chi connectivity index (χ0n) is 16.9. The predicted octanol–water partition coefficient (Wildman–Crippen LogP) is 5.37. The maximum atomic E-state index is 12.3. The number of aliphatic carboxylic acids is 1. The van der Waals surface area contributed by atoms with Crippen molar-refractivity contribution in [1.29, 1.82) is 0 Å². The van der Waals surface area contributed by atoms with Crippen LogP contribution in [-0.2, 0) is 17.6 Å². The van der Waals surface area contributed by atoms with E-state index in [9.17, 15) is 18.0 Å². The van der Waals surface area contributed by atoms with Crippen LogP contribution in [0.15, 0.2) is 53.1 Å². The molecular weight excluding hydrogens is 427 g/mol. The van der Waals surface area contributed by atoms with E-state index in [1.54, 1.807) is 6.07 Å². The summed E-state index contributed by atoms with van der Waals surface area (Å²) in [6.07, 6.45) is -0.944. The number of hydrogen-bond donors (Lipinski definition) is 1. The molecule has 0 spiro atoms. The van der Waals surface area contributed by atoms with Gasteiger partial charge in [0, 0.05) is 11.1 Å². The Morgan fingerprint density at radius 1 is 1.16 bits per heavy atom. The second kappa shape index (κ2) is 8.94. The number of halogens is 3. The van der Waals surface area contributed by atoms with Crippen LogP contribution in [0.4, 0.5) is 13.2 Å². The highest BCUT2D eigenvalue weighted by atomic mass is 19.4. The van der Waals surface area contributed by atoms with Crippen molar-refractivity contribution >= 4 is 5.97 Å². The Morgan fingerprint density at radius 2 is 1.91 bits per heavy atom. The Hall–Kier alpha value is -3.49. The number of carboxylic acid groups (broad SMARTS) is 1. The summed E-state index contributed by atoms with van der Waals surface area (Å²) in [4.78, 5) is 15.5. The van der Waals surface area contributed by atoms with E-state index < -0.39 is 12.3 Å². The minimum atomic E-state index is -4.74. The first kappa shape index (κ1) is 21.7. The summed E-state index contributed by atoms with van der Waals surface area (Å²) in [5, 5.41) is 9.15. The minimum absolute atomic E-state index is 0.0427. The standard InChI is InChI=1S/C23H20F3NO5/c24-23(25,26)32-17-8-6-14(7-9-17)18-13-31-20(27-18)10-11-30-19-3-1-2-16(12-21(28)29)22(19)15-4-5-15/h1-3,6-9,13,15H,4-5,10-12H2,(H,28,29). The maximum Gasteiger partial charge on any atom is 0.573 e. The Labute approximate surface area is 181 Å². The quantitative estimate of drug-likeness (QED) is 0.475. The molecule has 0 bridgehead atoms. The van der Waals surface area contributed by atoms with Crippen LogP contribution >= 0.6 is 0 Å². The third kappa shape index (κ3) is 5.60. The lowest BCUT2D eigenvalue weighted by atomic mass is 9.99. The third-order valence-electron chi connectivity index (χ3n) is 4.99. The van der Waals surface area contributed by atoms with Crippen molar-refractivity contribution in [3.63, 3.8) is 0 Å². The molecule has 0 atom stereocenters. The molecule has 9 heteroatoms. The molecule has 1 aliphatic carbocycles. The Bertz CT molecular complexity index is 1090. The molecule has 2 aromatic carbocycles. The summed E-state index contributed by atoms with van der Waals surface area (Å²) in [5.74, 6) is 0.242. The molecule has 1 fully saturated rings. The molecule has 3 aromatic rings. The van der Waals surface area contributed by atoms with Gasteiger partial charge in [-0.15, -0.1) is 13.2 Å². The number of rotatable bonds is 9. The highest BCUT2D eigenvalue weighted by Crippen LogP contribution is 2.46. The fraction of sp³-hybridized carbons (Fsp3) is 0.304. The number of hydrogen-bond acceptors (Lipinski definition) is 5. The molecule has 168 valence electrons. The van der Waals surface area contributed by atoms with Gasteiger partial charge in [-0.3, -0.25) is 4.79 Å². The SMILES string of the molecule is O=C(O)Cc1cccc(OCCc2nc(-c3ccc(OC(F)(F)F)cc3)co2)c1C1CC1. The number of oxazole rings is 1. The van der Waals surface area contributed by atoms with Crippen LogP contribution in [0.25, 0.3) is 11.3 Å². The average molecular weight is 447 g/mol. The largest absolute Gasteiger partial charge is 0.573 e. The molecule has 0 saturated heterocycles. The van der Waals surface area contributed by atoms with Gasteiger partial charge in [-0.25, -0.2) is 4.98 Å². The second-order valence-electron chi connectivity index (χ2n) is 7.47. The van der Waals surface area contributed by atoms with Crippen LogP contribution in [-0.4, -0.2) is 29.0 Å². The number of nitrogens with zero attached hydrogens (tertiary/aromatic N) is 1. The Morgan fingerprint density at radius 3 is 2.56 bits per heavy atom. The first-order valence-corrected chi connectivity index (χ1v) is 10.1. The number of carbonyl (C=O) groups is 1. The smallest absolute Gasteiger partial charge is 0.493 e. The topological polar surface area (TPSA) is 81.8 Å². The Balaban J connectivity index is 1.38. The van der Waals surface area contributed by atoms with Gasteiger partial charge in [0.25, 0.3) is 0 Å². The molecular formula is C23H20F3NO5. The predicted molar refractivity (Wildman–Crippen MR) is 108 cm³/mol. The first-order chi connectivity index (χ1) is 15.3. The van der Waals surface area contributed by atoms with Gasteiger partial charge in [0.05, 0.1) is 19.4 Å². The number of benzene rings is 2. The molecule has 1 heterocycles. The molecule has 0 radical (unpaired) electrons. The fourth-order valence-electron chi connectivity index (χ4n) is 3.50. The van der Waals surface area contributed by atoms with E-state index in [4.69, 9.17) is 14.3 Å². The van der Waals surface area contributed by atoms with Crippen molar-refractivity contribution < 1.29 is 37.0 Å². The molecule has 0 amide bonds. The van der Waals surface area contributed by atoms with E-state index in [1.807, 2.05) is 12.1 Å². The molecule has 0 aliphatic heterocycles. The van der Waals surface area contributed by atoms with E-state index in [2.05, 4.69) is 9.72 Å². The third-order valence-corrected chi connectivity index (χ3v) is 4.99. The van der Waals surface area contributed by atoms with Crippen LogP contribution in [0.2, 0.25) is 0 Å². The Kier molecular flexibility index (Phi) is 6.07. The first-order valence-electron chi connectivity index (χ1n) is 10.1. The molecule has 1 aromatic heterocycles. The minimum Gasteiger partial charge on any atom is -0.493 e. The number of aromatic nitrogens is 1. The van der Waals surface area contributed by atoms with Gasteiger partial charge in [0.2, 0.25) is 0 Å². The zero-order valence-corrected chi connectivity index (χ0v) is 16.9. The number of carboxylic acids is 1.